The fourth-order valence-corrected chi connectivity index (χ4v) is 1.40. The monoisotopic (exact) mass is 247 g/mol. The molecule has 0 radical (unpaired) electrons. The third kappa shape index (κ3) is 2.98. The molecule has 1 N–H and O–H groups in total. The molecule has 0 saturated heterocycles. The van der Waals surface area contributed by atoms with Crippen LogP contribution in [0.5, 0.6) is 0 Å². The van der Waals surface area contributed by atoms with Gasteiger partial charge in [0, 0.05) is 6.04 Å². The molecule has 96 valence electrons. The molecule has 0 bridgehead atoms. The smallest absolute Gasteiger partial charge is 0.309 e. The van der Waals surface area contributed by atoms with Crippen LogP contribution >= 0.6 is 0 Å². The van der Waals surface area contributed by atoms with E-state index in [0.717, 1.165) is 0 Å². The first-order valence-corrected chi connectivity index (χ1v) is 5.71. The maximum Gasteiger partial charge on any atom is 0.309 e. The molecule has 1 atom stereocenters. The first-order chi connectivity index (χ1) is 8.27. The van der Waals surface area contributed by atoms with Gasteiger partial charge in [0.2, 0.25) is 0 Å². The van der Waals surface area contributed by atoms with Crippen LogP contribution in [-0.4, -0.2) is 11.0 Å². The van der Waals surface area contributed by atoms with Crippen LogP contribution in [0.3, 0.4) is 0 Å². The SMILES string of the molecule is CC(Nc1cccc(C#N)c1[N+](=O)[O-])C(C)(C)C. The highest BCUT2D eigenvalue weighted by Crippen LogP contribution is 2.31. The van der Waals surface area contributed by atoms with Crippen molar-refractivity contribution in [2.75, 3.05) is 5.32 Å². The van der Waals surface area contributed by atoms with Crippen LogP contribution in [0.15, 0.2) is 18.2 Å². The Morgan fingerprint density at radius 3 is 2.50 bits per heavy atom. The predicted octanol–water partition coefficient (Wildman–Crippen LogP) is 3.31. The van der Waals surface area contributed by atoms with Gasteiger partial charge in [-0.1, -0.05) is 26.8 Å². The third-order valence-electron chi connectivity index (χ3n) is 3.01. The first kappa shape index (κ1) is 14.0. The van der Waals surface area contributed by atoms with Crippen molar-refractivity contribution < 1.29 is 4.92 Å². The van der Waals surface area contributed by atoms with Crippen molar-refractivity contribution in [1.82, 2.24) is 0 Å². The van der Waals surface area contributed by atoms with E-state index >= 15 is 0 Å². The molecule has 0 spiro atoms. The molecule has 0 amide bonds. The Hall–Kier alpha value is -2.09. The summed E-state index contributed by atoms with van der Waals surface area (Å²) in [6.07, 6.45) is 0. The standard InChI is InChI=1S/C13H17N3O2/c1-9(13(2,3)4)15-11-7-5-6-10(8-14)12(11)16(17)18/h5-7,9,15H,1-4H3. The molecule has 0 saturated carbocycles. The molecule has 0 aliphatic heterocycles. The number of nitro benzene ring substituents is 1. The average Bonchev–Trinajstić information content (AvgIpc) is 2.26. The Kier molecular flexibility index (Phi) is 3.92. The maximum atomic E-state index is 11.0. The second-order valence-corrected chi connectivity index (χ2v) is 5.30. The molecule has 0 aromatic heterocycles. The lowest BCUT2D eigenvalue weighted by molar-refractivity contribution is -0.384. The van der Waals surface area contributed by atoms with Gasteiger partial charge in [0.1, 0.15) is 17.3 Å². The number of anilines is 1. The number of hydrogen-bond donors (Lipinski definition) is 1. The normalized spacial score (nSPS) is 12.6. The zero-order valence-corrected chi connectivity index (χ0v) is 11.0. The molecule has 1 aromatic carbocycles. The molecule has 1 unspecified atom stereocenters. The van der Waals surface area contributed by atoms with Crippen molar-refractivity contribution in [2.45, 2.75) is 33.7 Å². The zero-order chi connectivity index (χ0) is 13.9. The van der Waals surface area contributed by atoms with E-state index < -0.39 is 4.92 Å². The van der Waals surface area contributed by atoms with Gasteiger partial charge >= 0.3 is 5.69 Å². The molecular weight excluding hydrogens is 230 g/mol. The van der Waals surface area contributed by atoms with Crippen LogP contribution in [0.25, 0.3) is 0 Å². The summed E-state index contributed by atoms with van der Waals surface area (Å²) in [6.45, 7) is 8.10. The molecule has 18 heavy (non-hydrogen) atoms. The number of nitro groups is 1. The van der Waals surface area contributed by atoms with Crippen LogP contribution < -0.4 is 5.32 Å². The van der Waals surface area contributed by atoms with Gasteiger partial charge in [0.25, 0.3) is 0 Å². The van der Waals surface area contributed by atoms with E-state index in [4.69, 9.17) is 5.26 Å². The van der Waals surface area contributed by atoms with E-state index in [1.807, 2.05) is 33.8 Å². The molecule has 5 heteroatoms. The lowest BCUT2D eigenvalue weighted by Gasteiger charge is -2.28. The molecular formula is C13H17N3O2. The van der Waals surface area contributed by atoms with Crippen molar-refractivity contribution in [3.63, 3.8) is 0 Å². The molecule has 1 rings (SSSR count). The van der Waals surface area contributed by atoms with Crippen molar-refractivity contribution in [1.29, 1.82) is 5.26 Å². The first-order valence-electron chi connectivity index (χ1n) is 5.71. The Balaban J connectivity index is 3.18. The van der Waals surface area contributed by atoms with E-state index in [1.54, 1.807) is 12.1 Å². The largest absolute Gasteiger partial charge is 0.376 e. The summed E-state index contributed by atoms with van der Waals surface area (Å²) in [5, 5.41) is 23.1. The van der Waals surface area contributed by atoms with E-state index in [-0.39, 0.29) is 22.7 Å². The van der Waals surface area contributed by atoms with Gasteiger partial charge in [-0.3, -0.25) is 10.1 Å². The summed E-state index contributed by atoms with van der Waals surface area (Å²) >= 11 is 0. The second-order valence-electron chi connectivity index (χ2n) is 5.30. The number of rotatable bonds is 3. The van der Waals surface area contributed by atoms with Gasteiger partial charge in [-0.15, -0.1) is 0 Å². The van der Waals surface area contributed by atoms with Gasteiger partial charge in [0.05, 0.1) is 4.92 Å². The van der Waals surface area contributed by atoms with Gasteiger partial charge < -0.3 is 5.32 Å². The second kappa shape index (κ2) is 5.05. The number of nitrogens with one attached hydrogen (secondary N) is 1. The lowest BCUT2D eigenvalue weighted by Crippen LogP contribution is -2.31. The van der Waals surface area contributed by atoms with Gasteiger partial charge in [-0.2, -0.15) is 5.26 Å². The fraction of sp³-hybridized carbons (Fsp3) is 0.462. The summed E-state index contributed by atoms with van der Waals surface area (Å²) in [5.74, 6) is 0. The fourth-order valence-electron chi connectivity index (χ4n) is 1.40. The minimum absolute atomic E-state index is 0.0312. The number of nitrogens with zero attached hydrogens (tertiary/aromatic N) is 2. The summed E-state index contributed by atoms with van der Waals surface area (Å²) in [7, 11) is 0. The van der Waals surface area contributed by atoms with Crippen molar-refractivity contribution in [3.8, 4) is 6.07 Å². The Morgan fingerprint density at radius 2 is 2.06 bits per heavy atom. The number of nitriles is 1. The maximum absolute atomic E-state index is 11.0. The third-order valence-corrected chi connectivity index (χ3v) is 3.01. The molecule has 0 fully saturated rings. The van der Waals surface area contributed by atoms with Crippen LogP contribution in [0, 0.1) is 26.9 Å². The molecule has 5 nitrogen and oxygen atoms in total. The van der Waals surface area contributed by atoms with E-state index in [9.17, 15) is 10.1 Å². The summed E-state index contributed by atoms with van der Waals surface area (Å²) in [4.78, 5) is 10.5. The Bertz CT molecular complexity index is 498. The minimum Gasteiger partial charge on any atom is -0.376 e. The highest BCUT2D eigenvalue weighted by atomic mass is 16.6. The van der Waals surface area contributed by atoms with Gasteiger partial charge in [0.15, 0.2) is 0 Å². The van der Waals surface area contributed by atoms with Gasteiger partial charge in [-0.25, -0.2) is 0 Å². The van der Waals surface area contributed by atoms with Gasteiger partial charge in [-0.05, 0) is 24.5 Å². The predicted molar refractivity (Wildman–Crippen MR) is 70.4 cm³/mol. The quantitative estimate of drug-likeness (QED) is 0.656. The Morgan fingerprint density at radius 1 is 1.44 bits per heavy atom. The summed E-state index contributed by atoms with van der Waals surface area (Å²) < 4.78 is 0. The van der Waals surface area contributed by atoms with Crippen molar-refractivity contribution in [2.24, 2.45) is 5.41 Å². The van der Waals surface area contributed by atoms with Crippen molar-refractivity contribution >= 4 is 11.4 Å². The van der Waals surface area contributed by atoms with Crippen LogP contribution in [0.2, 0.25) is 0 Å². The molecule has 0 heterocycles. The summed E-state index contributed by atoms with van der Waals surface area (Å²) in [6, 6.07) is 6.61. The molecule has 0 aliphatic carbocycles. The van der Waals surface area contributed by atoms with Crippen LogP contribution in [0.4, 0.5) is 11.4 Å². The minimum atomic E-state index is -0.518. The number of benzene rings is 1. The van der Waals surface area contributed by atoms with Crippen molar-refractivity contribution in [3.05, 3.63) is 33.9 Å². The zero-order valence-electron chi connectivity index (χ0n) is 11.0. The number of para-hydroxylation sites is 1. The lowest BCUT2D eigenvalue weighted by atomic mass is 9.88. The topological polar surface area (TPSA) is 79.0 Å². The molecule has 0 aliphatic rings. The summed E-state index contributed by atoms with van der Waals surface area (Å²) in [5.41, 5.74) is 0.278. The highest BCUT2D eigenvalue weighted by molar-refractivity contribution is 5.68. The van der Waals surface area contributed by atoms with E-state index in [1.165, 1.54) is 6.07 Å². The average molecular weight is 247 g/mol. The Labute approximate surface area is 107 Å². The molecule has 1 aromatic rings. The van der Waals surface area contributed by atoms with Crippen LogP contribution in [-0.2, 0) is 0 Å². The van der Waals surface area contributed by atoms with E-state index in [0.29, 0.717) is 5.69 Å². The highest BCUT2D eigenvalue weighted by Gasteiger charge is 2.25. The number of hydrogen-bond acceptors (Lipinski definition) is 4. The van der Waals surface area contributed by atoms with E-state index in [2.05, 4.69) is 5.32 Å². The van der Waals surface area contributed by atoms with Crippen LogP contribution in [0.1, 0.15) is 33.3 Å².